The van der Waals surface area contributed by atoms with Crippen LogP contribution in [0.25, 0.3) is 0 Å². The molecule has 198 valence electrons. The lowest BCUT2D eigenvalue weighted by Crippen LogP contribution is -2.30. The molecule has 0 spiro atoms. The van der Waals surface area contributed by atoms with Crippen LogP contribution in [-0.2, 0) is 21.7 Å². The first-order valence-corrected chi connectivity index (χ1v) is 14.6. The van der Waals surface area contributed by atoms with Crippen LogP contribution in [0.15, 0.2) is 34.7 Å². The number of nitrogens with zero attached hydrogens (tertiary/aromatic N) is 3. The van der Waals surface area contributed by atoms with E-state index in [4.69, 9.17) is 4.42 Å². The molecule has 0 amide bonds. The summed E-state index contributed by atoms with van der Waals surface area (Å²) < 4.78 is 19.9. The molecule has 8 bridgehead atoms. The van der Waals surface area contributed by atoms with Gasteiger partial charge in [-0.1, -0.05) is 0 Å². The maximum atomic E-state index is 13.7. The van der Waals surface area contributed by atoms with E-state index in [0.717, 1.165) is 34.6 Å². The largest absolute Gasteiger partial charge is 0.464 e. The van der Waals surface area contributed by atoms with Crippen molar-refractivity contribution in [1.82, 2.24) is 13.1 Å². The van der Waals surface area contributed by atoms with Crippen molar-refractivity contribution >= 4 is 51.9 Å². The van der Waals surface area contributed by atoms with E-state index in [1.807, 2.05) is 47.6 Å². The number of Topliss-reactive ketones (excluding diaryl/α,β-unsaturated/α-hetero) is 3. The van der Waals surface area contributed by atoms with Crippen LogP contribution in [0.3, 0.4) is 0 Å². The van der Waals surface area contributed by atoms with Crippen molar-refractivity contribution in [2.24, 2.45) is 0 Å². The molecule has 5 heterocycles. The first-order valence-electron chi connectivity index (χ1n) is 12.2. The molecule has 4 aromatic heterocycles. The second-order valence-corrected chi connectivity index (χ2v) is 14.3. The first-order chi connectivity index (χ1) is 17.6. The number of carbonyl (C=O) groups excluding carboxylic acids is 3. The van der Waals surface area contributed by atoms with Gasteiger partial charge in [-0.05, 0) is 120 Å². The highest BCUT2D eigenvalue weighted by atomic mass is 32.1. The summed E-state index contributed by atoms with van der Waals surface area (Å²) in [4.78, 5) is 42.4. The summed E-state index contributed by atoms with van der Waals surface area (Å²) in [6.45, 7) is 14.8. The number of furan rings is 1. The van der Waals surface area contributed by atoms with Crippen molar-refractivity contribution in [3.63, 3.8) is 0 Å². The predicted octanol–water partition coefficient (Wildman–Crippen LogP) is 6.77. The standard InChI is InChI=1S/C28H29N3O4S3/c1-25(2)17-11-14(36-29-17)22(32)26(3,4)19-13-16(38-31-19)24(34)28(7,8)21-10-9-20(35-21)27(5,6)23(33)15-12-18(25)30-37-15/h9-13H,1-8H3. The van der Waals surface area contributed by atoms with Gasteiger partial charge in [-0.3, -0.25) is 14.4 Å². The molecule has 0 saturated heterocycles. The fraction of sp³-hybridized carbons (Fsp3) is 0.429. The third-order valence-corrected chi connectivity index (χ3v) is 10.0. The van der Waals surface area contributed by atoms with Crippen molar-refractivity contribution in [2.75, 3.05) is 0 Å². The van der Waals surface area contributed by atoms with Gasteiger partial charge in [0.05, 0.1) is 53.4 Å². The van der Waals surface area contributed by atoms with E-state index in [2.05, 4.69) is 13.1 Å². The Morgan fingerprint density at radius 2 is 0.842 bits per heavy atom. The summed E-state index contributed by atoms with van der Waals surface area (Å²) in [5.74, 6) is 0.533. The summed E-state index contributed by atoms with van der Waals surface area (Å²) >= 11 is 3.37. The van der Waals surface area contributed by atoms with Crippen LogP contribution in [0.5, 0.6) is 0 Å². The van der Waals surface area contributed by atoms with Crippen LogP contribution < -0.4 is 0 Å². The van der Waals surface area contributed by atoms with Crippen LogP contribution >= 0.6 is 34.6 Å². The van der Waals surface area contributed by atoms with Gasteiger partial charge >= 0.3 is 0 Å². The second-order valence-electron chi connectivity index (χ2n) is 11.9. The summed E-state index contributed by atoms with van der Waals surface area (Å²) in [5.41, 5.74) is -1.62. The number of rotatable bonds is 0. The van der Waals surface area contributed by atoms with Gasteiger partial charge in [-0.15, -0.1) is 0 Å². The lowest BCUT2D eigenvalue weighted by atomic mass is 9.80. The highest BCUT2D eigenvalue weighted by Crippen LogP contribution is 2.40. The van der Waals surface area contributed by atoms with Gasteiger partial charge in [-0.2, -0.15) is 13.1 Å². The zero-order valence-corrected chi connectivity index (χ0v) is 25.0. The molecule has 0 radical (unpaired) electrons. The number of aromatic nitrogens is 3. The number of ketones is 3. The Bertz CT molecular complexity index is 1600. The number of carbonyl (C=O) groups is 3. The Kier molecular flexibility index (Phi) is 6.05. The molecule has 0 atom stereocenters. The molecular formula is C28H29N3O4S3. The summed E-state index contributed by atoms with van der Waals surface area (Å²) in [6.07, 6.45) is 0. The Morgan fingerprint density at radius 3 is 1.21 bits per heavy atom. The average molecular weight is 568 g/mol. The van der Waals surface area contributed by atoms with Crippen molar-refractivity contribution in [1.29, 1.82) is 0 Å². The van der Waals surface area contributed by atoms with Crippen LogP contribution in [0.4, 0.5) is 0 Å². The smallest absolute Gasteiger partial charge is 0.187 e. The SMILES string of the molecule is CC1(C)C(=O)c2cc(ns2)C(C)(C)c2cc(sn2)C(=O)C(C)(C)c2ccc(o2)C(C)(C)C(=O)c2cc1ns2. The maximum Gasteiger partial charge on any atom is 0.187 e. The van der Waals surface area contributed by atoms with Gasteiger partial charge in [0, 0.05) is 0 Å². The molecular weight excluding hydrogens is 539 g/mol. The van der Waals surface area contributed by atoms with E-state index < -0.39 is 21.7 Å². The maximum absolute atomic E-state index is 13.7. The quantitative estimate of drug-likeness (QED) is 0.231. The van der Waals surface area contributed by atoms with Gasteiger partial charge < -0.3 is 4.42 Å². The highest BCUT2D eigenvalue weighted by molar-refractivity contribution is 7.09. The zero-order valence-electron chi connectivity index (χ0n) is 22.6. The van der Waals surface area contributed by atoms with Crippen molar-refractivity contribution in [3.05, 3.63) is 73.6 Å². The summed E-state index contributed by atoms with van der Waals surface area (Å²) in [6, 6.07) is 8.85. The Morgan fingerprint density at radius 1 is 0.526 bits per heavy atom. The molecule has 1 aliphatic rings. The van der Waals surface area contributed by atoms with Gasteiger partial charge in [0.1, 0.15) is 11.5 Å². The second kappa shape index (κ2) is 8.59. The molecule has 4 aromatic rings. The van der Waals surface area contributed by atoms with Gasteiger partial charge in [0.2, 0.25) is 0 Å². The minimum absolute atomic E-state index is 0.120. The fourth-order valence-corrected chi connectivity index (χ4v) is 7.38. The van der Waals surface area contributed by atoms with E-state index in [1.54, 1.807) is 38.1 Å². The van der Waals surface area contributed by atoms with Crippen molar-refractivity contribution in [3.8, 4) is 0 Å². The molecule has 7 nitrogen and oxygen atoms in total. The van der Waals surface area contributed by atoms with Crippen LogP contribution in [0.2, 0.25) is 0 Å². The van der Waals surface area contributed by atoms with Gasteiger partial charge in [0.25, 0.3) is 0 Å². The van der Waals surface area contributed by atoms with Crippen LogP contribution in [0.1, 0.15) is 113 Å². The van der Waals surface area contributed by atoms with E-state index in [1.165, 1.54) is 0 Å². The van der Waals surface area contributed by atoms with Gasteiger partial charge in [-0.25, -0.2) is 0 Å². The molecule has 0 aliphatic carbocycles. The predicted molar refractivity (Wildman–Crippen MR) is 149 cm³/mol. The topological polar surface area (TPSA) is 103 Å². The Balaban J connectivity index is 1.70. The van der Waals surface area contributed by atoms with Crippen molar-refractivity contribution < 1.29 is 18.8 Å². The minimum atomic E-state index is -1.01. The molecule has 38 heavy (non-hydrogen) atoms. The average Bonchev–Trinajstić information content (AvgIpc) is 3.67. The lowest BCUT2D eigenvalue weighted by molar-refractivity contribution is 0.0875. The first kappa shape index (κ1) is 26.8. The molecule has 0 N–H and O–H groups in total. The van der Waals surface area contributed by atoms with E-state index in [9.17, 15) is 14.4 Å². The van der Waals surface area contributed by atoms with Crippen LogP contribution in [-0.4, -0.2) is 30.5 Å². The third kappa shape index (κ3) is 3.96. The molecule has 10 heteroatoms. The van der Waals surface area contributed by atoms with Crippen LogP contribution in [0, 0.1) is 0 Å². The third-order valence-electron chi connectivity index (χ3n) is 7.66. The van der Waals surface area contributed by atoms with Gasteiger partial charge in [0.15, 0.2) is 17.3 Å². The zero-order chi connectivity index (χ0) is 27.8. The molecule has 0 aromatic carbocycles. The van der Waals surface area contributed by atoms with E-state index in [0.29, 0.717) is 43.2 Å². The fourth-order valence-electron chi connectivity index (χ4n) is 4.44. The molecule has 1 aliphatic heterocycles. The summed E-state index contributed by atoms with van der Waals surface area (Å²) in [7, 11) is 0. The van der Waals surface area contributed by atoms with E-state index >= 15 is 0 Å². The Hall–Kier alpha value is -2.82. The lowest BCUT2D eigenvalue weighted by Gasteiger charge is -2.22. The van der Waals surface area contributed by atoms with Crippen molar-refractivity contribution in [2.45, 2.75) is 77.0 Å². The Labute approximate surface area is 233 Å². The molecule has 5 rings (SSSR count). The molecule has 0 fully saturated rings. The normalized spacial score (nSPS) is 20.1. The molecule has 0 saturated carbocycles. The number of hydrogen-bond donors (Lipinski definition) is 0. The number of hydrogen-bond acceptors (Lipinski definition) is 10. The number of fused-ring (bicyclic) bond motifs is 8. The minimum Gasteiger partial charge on any atom is -0.464 e. The van der Waals surface area contributed by atoms with E-state index in [-0.39, 0.29) is 17.3 Å². The highest BCUT2D eigenvalue weighted by Gasteiger charge is 2.42. The molecule has 0 unspecified atom stereocenters. The monoisotopic (exact) mass is 567 g/mol. The summed E-state index contributed by atoms with van der Waals surface area (Å²) in [5, 5.41) is 0.